The Labute approximate surface area is 646 Å². The minimum atomic E-state index is 0.945. The lowest BCUT2D eigenvalue weighted by atomic mass is 10.00. The summed E-state index contributed by atoms with van der Waals surface area (Å²) in [7, 11) is 0. The van der Waals surface area contributed by atoms with Crippen LogP contribution in [0.1, 0.15) is 0 Å². The lowest BCUT2D eigenvalue weighted by Crippen LogP contribution is -1.95. The molecule has 112 heavy (non-hydrogen) atoms. The van der Waals surface area contributed by atoms with E-state index in [4.69, 9.17) is 19.9 Å². The van der Waals surface area contributed by atoms with E-state index < -0.39 is 0 Å². The molecule has 524 valence electrons. The number of pyridine rings is 4. The van der Waals surface area contributed by atoms with E-state index in [-0.39, 0.29) is 0 Å². The number of rotatable bonds is 12. The van der Waals surface area contributed by atoms with E-state index in [1.807, 2.05) is 30.6 Å². The van der Waals surface area contributed by atoms with Gasteiger partial charge in [0.25, 0.3) is 0 Å². The standard InChI is InChI=1S/2C52H34N4/c1-4-14-36(15-5-1)47-32-39(33-48(54-47)37-16-6-2-7-17-37)35-24-27-42(28-25-35)55-49-22-12-10-20-43(49)45-30-38(26-29-51(45)55)40-31-46-44-21-11-13-23-50(44)56(52(46)53-34-40)41-18-8-3-9-19-41;1-4-14-35(15-5-1)39-32-47(36-16-6-2-7-17-36)54-48(33-39)37-24-27-42(28-25-37)55-49-22-12-10-20-43(49)45-30-38(26-29-51(45)55)40-31-46-44-21-11-13-23-50(44)56(52(46)53-34-40)41-18-8-3-9-19-41/h2*1-34H. The Hall–Kier alpha value is -15.1. The summed E-state index contributed by atoms with van der Waals surface area (Å²) < 4.78 is 9.27. The quantitative estimate of drug-likeness (QED) is 0.122. The molecule has 8 nitrogen and oxygen atoms in total. The Morgan fingerprint density at radius 2 is 0.402 bits per heavy atom. The van der Waals surface area contributed by atoms with Crippen LogP contribution in [0.4, 0.5) is 0 Å². The third kappa shape index (κ3) is 11.6. The SMILES string of the molecule is c1ccc(-c2cc(-c3ccc(-n4c5ccccc5c5cc(-c6cnc7c(c6)c6ccccc6n7-c6ccccc6)ccc54)cc3)cc(-c3ccccc3)n2)cc1.c1ccc(-c2cc(-c3ccccc3)nc(-c3ccc(-n4c5ccccc5c5cc(-c6cnc7c(c6)c6ccccc6n7-c6ccccc6)ccc54)cc3)c2)cc1. The first-order chi connectivity index (χ1) is 55.5. The second kappa shape index (κ2) is 27.6. The van der Waals surface area contributed by atoms with Crippen LogP contribution in [0.15, 0.2) is 413 Å². The average molecular weight is 1430 g/mol. The zero-order chi connectivity index (χ0) is 74.0. The topological polar surface area (TPSA) is 71.3 Å². The van der Waals surface area contributed by atoms with Crippen LogP contribution in [0.2, 0.25) is 0 Å². The maximum absolute atomic E-state index is 5.17. The van der Waals surface area contributed by atoms with E-state index in [1.54, 1.807) is 0 Å². The van der Waals surface area contributed by atoms with Crippen molar-refractivity contribution >= 4 is 87.5 Å². The van der Waals surface area contributed by atoms with Gasteiger partial charge in [0.1, 0.15) is 11.3 Å². The third-order valence-corrected chi connectivity index (χ3v) is 21.9. The summed E-state index contributed by atoms with van der Waals surface area (Å²) >= 11 is 0. The van der Waals surface area contributed by atoms with Gasteiger partial charge in [-0.2, -0.15) is 0 Å². The smallest absolute Gasteiger partial charge is 0.145 e. The van der Waals surface area contributed by atoms with Crippen LogP contribution < -0.4 is 0 Å². The first-order valence-electron chi connectivity index (χ1n) is 38.0. The predicted molar refractivity (Wildman–Crippen MR) is 465 cm³/mol. The number of para-hydroxylation sites is 6. The number of fused-ring (bicyclic) bond motifs is 12. The van der Waals surface area contributed by atoms with Crippen LogP contribution in [0, 0.1) is 0 Å². The molecule has 8 aromatic heterocycles. The Morgan fingerprint density at radius 1 is 0.152 bits per heavy atom. The summed E-state index contributed by atoms with van der Waals surface area (Å²) in [4.78, 5) is 20.5. The molecular formula is C104H68N8. The van der Waals surface area contributed by atoms with Crippen molar-refractivity contribution in [2.24, 2.45) is 0 Å². The molecule has 0 unspecified atom stereocenters. The maximum Gasteiger partial charge on any atom is 0.145 e. The molecule has 0 spiro atoms. The van der Waals surface area contributed by atoms with Gasteiger partial charge in [-0.3, -0.25) is 9.13 Å². The molecule has 0 saturated carbocycles. The van der Waals surface area contributed by atoms with Crippen LogP contribution in [0.5, 0.6) is 0 Å². The van der Waals surface area contributed by atoms with Crippen LogP contribution in [0.25, 0.3) is 200 Å². The Kier molecular flexibility index (Phi) is 16.1. The van der Waals surface area contributed by atoms with Crippen molar-refractivity contribution < 1.29 is 0 Å². The van der Waals surface area contributed by atoms with Gasteiger partial charge in [-0.25, -0.2) is 19.9 Å². The summed E-state index contributed by atoms with van der Waals surface area (Å²) in [5.74, 6) is 0. The highest BCUT2D eigenvalue weighted by atomic mass is 15.1. The zero-order valence-electron chi connectivity index (χ0n) is 60.8. The van der Waals surface area contributed by atoms with Gasteiger partial charge in [0, 0.05) is 112 Å². The number of aromatic nitrogens is 8. The van der Waals surface area contributed by atoms with Crippen molar-refractivity contribution in [1.29, 1.82) is 0 Å². The average Bonchev–Trinajstić information content (AvgIpc) is 1.59. The van der Waals surface area contributed by atoms with Crippen LogP contribution in [0.3, 0.4) is 0 Å². The normalized spacial score (nSPS) is 11.6. The van der Waals surface area contributed by atoms with Gasteiger partial charge in [0.05, 0.1) is 55.9 Å². The number of benzene rings is 14. The molecule has 8 heteroatoms. The number of nitrogens with zero attached hydrogens (tertiary/aromatic N) is 8. The summed E-state index contributed by atoms with van der Waals surface area (Å²) in [5, 5.41) is 9.53. The fourth-order valence-corrected chi connectivity index (χ4v) is 16.6. The van der Waals surface area contributed by atoms with E-state index >= 15 is 0 Å². The Bertz CT molecular complexity index is 6760. The fraction of sp³-hybridized carbons (Fsp3) is 0. The van der Waals surface area contributed by atoms with Crippen molar-refractivity contribution in [3.63, 3.8) is 0 Å². The van der Waals surface area contributed by atoms with Crippen LogP contribution in [-0.4, -0.2) is 38.2 Å². The lowest BCUT2D eigenvalue weighted by molar-refractivity contribution is 1.14. The molecule has 22 rings (SSSR count). The van der Waals surface area contributed by atoms with Gasteiger partial charge in [0.2, 0.25) is 0 Å². The molecule has 0 aliphatic heterocycles. The second-order valence-corrected chi connectivity index (χ2v) is 28.5. The summed E-state index contributed by atoms with van der Waals surface area (Å²) in [6.07, 6.45) is 4.04. The highest BCUT2D eigenvalue weighted by Gasteiger charge is 2.21. The molecular weight excluding hydrogens is 1360 g/mol. The van der Waals surface area contributed by atoms with Crippen molar-refractivity contribution in [3.8, 4) is 112 Å². The van der Waals surface area contributed by atoms with E-state index in [9.17, 15) is 0 Å². The minimum Gasteiger partial charge on any atom is -0.309 e. The predicted octanol–water partition coefficient (Wildman–Crippen LogP) is 26.7. The highest BCUT2D eigenvalue weighted by molar-refractivity contribution is 6.14. The zero-order valence-corrected chi connectivity index (χ0v) is 60.8. The molecule has 8 heterocycles. The van der Waals surface area contributed by atoms with E-state index in [0.717, 1.165) is 145 Å². The fourth-order valence-electron chi connectivity index (χ4n) is 16.6. The Balaban J connectivity index is 0.000000141. The van der Waals surface area contributed by atoms with Crippen LogP contribution >= 0.6 is 0 Å². The molecule has 14 aromatic carbocycles. The molecule has 0 aliphatic rings. The number of hydrogen-bond donors (Lipinski definition) is 0. The molecule has 0 radical (unpaired) electrons. The first-order valence-corrected chi connectivity index (χ1v) is 38.0. The van der Waals surface area contributed by atoms with Crippen molar-refractivity contribution in [2.45, 2.75) is 0 Å². The van der Waals surface area contributed by atoms with Crippen molar-refractivity contribution in [3.05, 3.63) is 413 Å². The first kappa shape index (κ1) is 65.2. The van der Waals surface area contributed by atoms with Crippen LogP contribution in [-0.2, 0) is 0 Å². The van der Waals surface area contributed by atoms with Crippen molar-refractivity contribution in [2.75, 3.05) is 0 Å². The minimum absolute atomic E-state index is 0.945. The lowest BCUT2D eigenvalue weighted by Gasteiger charge is -2.12. The molecule has 22 aromatic rings. The molecule has 0 bridgehead atoms. The Morgan fingerprint density at radius 3 is 0.768 bits per heavy atom. The van der Waals surface area contributed by atoms with Crippen molar-refractivity contribution in [1.82, 2.24) is 38.2 Å². The molecule has 0 N–H and O–H groups in total. The third-order valence-electron chi connectivity index (χ3n) is 21.9. The van der Waals surface area contributed by atoms with E-state index in [0.29, 0.717) is 0 Å². The van der Waals surface area contributed by atoms with Gasteiger partial charge in [-0.15, -0.1) is 0 Å². The van der Waals surface area contributed by atoms with Gasteiger partial charge >= 0.3 is 0 Å². The molecule has 0 saturated heterocycles. The largest absolute Gasteiger partial charge is 0.309 e. The van der Waals surface area contributed by atoms with E-state index in [2.05, 4.69) is 400 Å². The van der Waals surface area contributed by atoms with E-state index in [1.165, 1.54) is 54.4 Å². The second-order valence-electron chi connectivity index (χ2n) is 28.5. The van der Waals surface area contributed by atoms with Gasteiger partial charge in [0.15, 0.2) is 0 Å². The summed E-state index contributed by atoms with van der Waals surface area (Å²) in [6, 6.07) is 142. The monoisotopic (exact) mass is 1430 g/mol. The molecule has 0 amide bonds. The molecule has 0 aliphatic carbocycles. The highest BCUT2D eigenvalue weighted by Crippen LogP contribution is 2.42. The molecule has 0 fully saturated rings. The number of hydrogen-bond acceptors (Lipinski definition) is 4. The molecule has 0 atom stereocenters. The van der Waals surface area contributed by atoms with Gasteiger partial charge in [-0.05, 0) is 167 Å². The summed E-state index contributed by atoms with van der Waals surface area (Å²) in [6.45, 7) is 0. The summed E-state index contributed by atoms with van der Waals surface area (Å²) in [5.41, 5.74) is 30.6. The van der Waals surface area contributed by atoms with Gasteiger partial charge in [-0.1, -0.05) is 267 Å². The van der Waals surface area contributed by atoms with Gasteiger partial charge < -0.3 is 9.13 Å². The maximum atomic E-state index is 5.17.